The maximum Gasteiger partial charge on any atom is 0.280 e. The minimum atomic E-state index is -2.83. The van der Waals surface area contributed by atoms with Gasteiger partial charge in [0.2, 0.25) is 5.91 Å². The summed E-state index contributed by atoms with van der Waals surface area (Å²) >= 11 is 7.04. The number of carbonyl (C=O) groups excluding carboxylic acids is 2. The Bertz CT molecular complexity index is 1490. The van der Waals surface area contributed by atoms with E-state index in [1.807, 2.05) is 6.92 Å². The van der Waals surface area contributed by atoms with Crippen molar-refractivity contribution in [3.05, 3.63) is 44.9 Å². The fraction of sp³-hybridized carbons (Fsp3) is 0.348. The van der Waals surface area contributed by atoms with E-state index in [2.05, 4.69) is 20.5 Å². The summed E-state index contributed by atoms with van der Waals surface area (Å²) in [6, 6.07) is 1.27. The molecule has 0 bridgehead atoms. The summed E-state index contributed by atoms with van der Waals surface area (Å²) in [7, 11) is 0. The number of rotatable bonds is 8. The van der Waals surface area contributed by atoms with Crippen molar-refractivity contribution in [1.29, 1.82) is 0 Å². The van der Waals surface area contributed by atoms with Gasteiger partial charge in [-0.1, -0.05) is 11.6 Å². The Balaban J connectivity index is 1.80. The number of nitrogens with two attached hydrogens (primary N) is 1. The molecular weight excluding hydrogens is 512 g/mol. The van der Waals surface area contributed by atoms with Crippen LogP contribution in [0.4, 0.5) is 14.5 Å². The number of alkyl halides is 2. The Labute approximate surface area is 214 Å². The summed E-state index contributed by atoms with van der Waals surface area (Å²) in [5.74, 6) is -1.21. The van der Waals surface area contributed by atoms with Gasteiger partial charge < -0.3 is 11.1 Å². The van der Waals surface area contributed by atoms with Crippen LogP contribution in [0.3, 0.4) is 0 Å². The van der Waals surface area contributed by atoms with E-state index in [1.165, 1.54) is 6.07 Å². The van der Waals surface area contributed by atoms with E-state index in [0.29, 0.717) is 39.5 Å². The van der Waals surface area contributed by atoms with Crippen LogP contribution in [0, 0.1) is 20.8 Å². The van der Waals surface area contributed by atoms with Crippen molar-refractivity contribution in [2.75, 3.05) is 5.32 Å². The van der Waals surface area contributed by atoms with Gasteiger partial charge in [0, 0.05) is 30.1 Å². The van der Waals surface area contributed by atoms with E-state index in [1.54, 1.807) is 36.3 Å². The van der Waals surface area contributed by atoms with Gasteiger partial charge in [-0.2, -0.15) is 10.2 Å². The molecule has 0 radical (unpaired) electrons. The molecule has 36 heavy (non-hydrogen) atoms. The minimum absolute atomic E-state index is 0.0215. The van der Waals surface area contributed by atoms with Gasteiger partial charge in [-0.25, -0.2) is 13.8 Å². The van der Waals surface area contributed by atoms with Crippen LogP contribution in [0.15, 0.2) is 12.3 Å². The molecule has 9 nitrogen and oxygen atoms in total. The fourth-order valence-electron chi connectivity index (χ4n) is 3.98. The third kappa shape index (κ3) is 4.70. The summed E-state index contributed by atoms with van der Waals surface area (Å²) in [4.78, 5) is 29.5. The molecule has 2 amide bonds. The minimum Gasteiger partial charge on any atom is -0.365 e. The van der Waals surface area contributed by atoms with Gasteiger partial charge in [-0.05, 0) is 39.3 Å². The number of hydrogen-bond donors (Lipinski definition) is 2. The van der Waals surface area contributed by atoms with E-state index in [0.717, 1.165) is 17.0 Å². The van der Waals surface area contributed by atoms with Crippen LogP contribution in [0.5, 0.6) is 0 Å². The van der Waals surface area contributed by atoms with Crippen molar-refractivity contribution in [1.82, 2.24) is 24.5 Å². The highest BCUT2D eigenvalue weighted by Crippen LogP contribution is 2.43. The highest BCUT2D eigenvalue weighted by molar-refractivity contribution is 7.21. The third-order valence-electron chi connectivity index (χ3n) is 5.80. The normalized spacial score (nSPS) is 11.6. The van der Waals surface area contributed by atoms with Gasteiger partial charge in [0.15, 0.2) is 0 Å². The van der Waals surface area contributed by atoms with Gasteiger partial charge in [0.25, 0.3) is 12.3 Å². The molecule has 0 saturated heterocycles. The molecule has 4 aromatic heterocycles. The number of aryl methyl sites for hydroxylation is 4. The lowest BCUT2D eigenvalue weighted by Crippen LogP contribution is -2.18. The number of anilines is 1. The Morgan fingerprint density at radius 2 is 1.92 bits per heavy atom. The molecule has 0 atom stereocenters. The molecule has 0 saturated carbocycles. The van der Waals surface area contributed by atoms with Gasteiger partial charge in [-0.3, -0.25) is 19.0 Å². The fourth-order valence-corrected chi connectivity index (χ4v) is 5.13. The van der Waals surface area contributed by atoms with Gasteiger partial charge in [0.1, 0.15) is 15.4 Å². The standard InChI is InChI=1S/C23H24ClF2N7O2S/c1-5-32-9-14(10(2)30-32)13-8-15(21(25)26)28-23-17(13)19(20(36-23)22(27)35)29-16(34)6-7-33-12(4)18(24)11(3)31-33/h8-9,21H,5-7H2,1-4H3,(H2,27,35)(H,29,34). The van der Waals surface area contributed by atoms with Crippen LogP contribution in [-0.4, -0.2) is 36.4 Å². The van der Waals surface area contributed by atoms with Crippen LogP contribution in [0.1, 0.15) is 52.2 Å². The number of fused-ring (bicyclic) bond motifs is 1. The summed E-state index contributed by atoms with van der Waals surface area (Å²) < 4.78 is 30.7. The van der Waals surface area contributed by atoms with E-state index < -0.39 is 23.9 Å². The number of nitrogens with zero attached hydrogens (tertiary/aromatic N) is 5. The molecule has 3 N–H and O–H groups in total. The first-order valence-electron chi connectivity index (χ1n) is 11.1. The molecular formula is C23H24ClF2N7O2S. The second kappa shape index (κ2) is 9.94. The number of carbonyl (C=O) groups is 2. The molecule has 0 unspecified atom stereocenters. The van der Waals surface area contributed by atoms with E-state index in [9.17, 15) is 18.4 Å². The molecule has 13 heteroatoms. The van der Waals surface area contributed by atoms with Crippen LogP contribution in [0.2, 0.25) is 5.02 Å². The van der Waals surface area contributed by atoms with Crippen molar-refractivity contribution in [2.45, 2.75) is 53.6 Å². The first-order chi connectivity index (χ1) is 17.0. The molecule has 0 aliphatic heterocycles. The lowest BCUT2D eigenvalue weighted by molar-refractivity contribution is -0.116. The Morgan fingerprint density at radius 1 is 1.19 bits per heavy atom. The van der Waals surface area contributed by atoms with E-state index >= 15 is 0 Å². The van der Waals surface area contributed by atoms with Gasteiger partial charge in [0.05, 0.1) is 34.3 Å². The number of hydrogen-bond acceptors (Lipinski definition) is 6. The van der Waals surface area contributed by atoms with Crippen molar-refractivity contribution in [2.24, 2.45) is 5.73 Å². The molecule has 4 aromatic rings. The number of primary amides is 1. The molecule has 0 aromatic carbocycles. The molecule has 0 fully saturated rings. The van der Waals surface area contributed by atoms with Crippen molar-refractivity contribution in [3.63, 3.8) is 0 Å². The van der Waals surface area contributed by atoms with Crippen molar-refractivity contribution < 1.29 is 18.4 Å². The zero-order valence-electron chi connectivity index (χ0n) is 20.0. The predicted octanol–water partition coefficient (Wildman–Crippen LogP) is 5.02. The van der Waals surface area contributed by atoms with Gasteiger partial charge in [-0.15, -0.1) is 11.3 Å². The number of nitrogens with one attached hydrogen (secondary N) is 1. The van der Waals surface area contributed by atoms with Crippen LogP contribution >= 0.6 is 22.9 Å². The zero-order valence-corrected chi connectivity index (χ0v) is 21.6. The average molecular weight is 536 g/mol. The first-order valence-corrected chi connectivity index (χ1v) is 12.3. The quantitative estimate of drug-likeness (QED) is 0.328. The second-order valence-electron chi connectivity index (χ2n) is 8.24. The Morgan fingerprint density at radius 3 is 2.47 bits per heavy atom. The highest BCUT2D eigenvalue weighted by Gasteiger charge is 2.26. The van der Waals surface area contributed by atoms with Crippen molar-refractivity contribution in [3.8, 4) is 11.1 Å². The summed E-state index contributed by atoms with van der Waals surface area (Å²) in [6.45, 7) is 8.06. The number of aromatic nitrogens is 5. The lowest BCUT2D eigenvalue weighted by Gasteiger charge is -2.11. The SMILES string of the molecule is CCn1cc(-c2cc(C(F)F)nc3sc(C(N)=O)c(NC(=O)CCn4nc(C)c(Cl)c4C)c23)c(C)n1. The molecule has 190 valence electrons. The maximum absolute atomic E-state index is 13.7. The highest BCUT2D eigenvalue weighted by atomic mass is 35.5. The molecule has 0 aliphatic carbocycles. The molecule has 0 aliphatic rings. The van der Waals surface area contributed by atoms with Crippen molar-refractivity contribution >= 4 is 50.7 Å². The number of thiophene rings is 1. The zero-order chi connectivity index (χ0) is 26.3. The molecule has 4 rings (SSSR count). The maximum atomic E-state index is 13.7. The topological polar surface area (TPSA) is 121 Å². The second-order valence-corrected chi connectivity index (χ2v) is 9.61. The van der Waals surface area contributed by atoms with Crippen LogP contribution < -0.4 is 11.1 Å². The molecule has 0 spiro atoms. The third-order valence-corrected chi connectivity index (χ3v) is 7.44. The summed E-state index contributed by atoms with van der Waals surface area (Å²) in [5.41, 5.74) is 8.27. The smallest absolute Gasteiger partial charge is 0.280 e. The Kier molecular flexibility index (Phi) is 7.10. The summed E-state index contributed by atoms with van der Waals surface area (Å²) in [5, 5.41) is 12.4. The number of pyridine rings is 1. The van der Waals surface area contributed by atoms with E-state index in [-0.39, 0.29) is 28.4 Å². The molecule has 4 heterocycles. The van der Waals surface area contributed by atoms with Crippen LogP contribution in [-0.2, 0) is 17.9 Å². The number of amides is 2. The monoisotopic (exact) mass is 535 g/mol. The average Bonchev–Trinajstić information content (AvgIpc) is 3.47. The Hall–Kier alpha value is -3.38. The largest absolute Gasteiger partial charge is 0.365 e. The number of halogens is 3. The summed E-state index contributed by atoms with van der Waals surface area (Å²) in [6.07, 6.45) is -1.07. The lowest BCUT2D eigenvalue weighted by atomic mass is 10.0. The van der Waals surface area contributed by atoms with Crippen LogP contribution in [0.25, 0.3) is 21.3 Å². The van der Waals surface area contributed by atoms with Gasteiger partial charge >= 0.3 is 0 Å². The first kappa shape index (κ1) is 25.7. The predicted molar refractivity (Wildman–Crippen MR) is 135 cm³/mol. The van der Waals surface area contributed by atoms with E-state index in [4.69, 9.17) is 17.3 Å².